The maximum Gasteiger partial charge on any atom is 0.325 e. The van der Waals surface area contributed by atoms with Crippen molar-refractivity contribution < 1.29 is 14.6 Å². The first kappa shape index (κ1) is 10.4. The zero-order valence-corrected chi connectivity index (χ0v) is 6.91. The molecule has 0 unspecified atom stereocenters. The van der Waals surface area contributed by atoms with E-state index in [-0.39, 0.29) is 0 Å². The molecule has 0 aliphatic heterocycles. The van der Waals surface area contributed by atoms with Gasteiger partial charge in [0.1, 0.15) is 6.04 Å². The maximum atomic E-state index is 10.8. The fourth-order valence-corrected chi connectivity index (χ4v) is 0.650. The molecule has 0 radical (unpaired) electrons. The van der Waals surface area contributed by atoms with Gasteiger partial charge in [-0.25, -0.2) is 0 Å². The van der Waals surface area contributed by atoms with Gasteiger partial charge in [-0.1, -0.05) is 6.92 Å². The minimum Gasteiger partial charge on any atom is -0.465 e. The minimum atomic E-state index is -0.903. The molecule has 4 nitrogen and oxygen atoms in total. The predicted octanol–water partition coefficient (Wildman–Crippen LogP) is -0.352. The average molecular weight is 161 g/mol. The van der Waals surface area contributed by atoms with Gasteiger partial charge in [-0.2, -0.15) is 0 Å². The quantitative estimate of drug-likeness (QED) is 0.553. The summed E-state index contributed by atoms with van der Waals surface area (Å²) < 4.78 is 4.60. The van der Waals surface area contributed by atoms with E-state index in [0.29, 0.717) is 13.0 Å². The summed E-state index contributed by atoms with van der Waals surface area (Å²) in [4.78, 5) is 10.8. The first-order chi connectivity index (χ1) is 5.13. The zero-order valence-electron chi connectivity index (χ0n) is 6.91. The molecule has 2 atom stereocenters. The highest BCUT2D eigenvalue weighted by molar-refractivity contribution is 5.76. The van der Waals surface area contributed by atoms with E-state index in [9.17, 15) is 4.79 Å². The summed E-state index contributed by atoms with van der Waals surface area (Å²) in [6, 6.07) is -0.903. The summed E-state index contributed by atoms with van der Waals surface area (Å²) in [6.45, 7) is 3.75. The number of carbonyl (C=O) groups excluding carboxylic acids is 1. The standard InChI is InChI=1S/C7H15NO3/c1-3-5(9)6(8)7(10)11-4-2/h5-6,9H,3-4,8H2,1-2H3/t5-,6+/m1/s1. The Balaban J connectivity index is 3.80. The van der Waals surface area contributed by atoms with Crippen molar-refractivity contribution in [3.63, 3.8) is 0 Å². The van der Waals surface area contributed by atoms with E-state index in [0.717, 1.165) is 0 Å². The van der Waals surface area contributed by atoms with Gasteiger partial charge in [0, 0.05) is 0 Å². The SMILES string of the molecule is CCOC(=O)[C@@H](N)[C@H](O)CC. The zero-order chi connectivity index (χ0) is 8.85. The first-order valence-corrected chi connectivity index (χ1v) is 3.73. The lowest BCUT2D eigenvalue weighted by Crippen LogP contribution is -2.42. The molecule has 4 heteroatoms. The molecule has 0 fully saturated rings. The van der Waals surface area contributed by atoms with Crippen molar-refractivity contribution in [2.75, 3.05) is 6.61 Å². The van der Waals surface area contributed by atoms with Crippen molar-refractivity contribution in [1.82, 2.24) is 0 Å². The number of esters is 1. The number of aliphatic hydroxyl groups is 1. The fourth-order valence-electron chi connectivity index (χ4n) is 0.650. The van der Waals surface area contributed by atoms with Gasteiger partial charge in [0.15, 0.2) is 0 Å². The fraction of sp³-hybridized carbons (Fsp3) is 0.857. The lowest BCUT2D eigenvalue weighted by Gasteiger charge is -2.14. The third-order valence-corrected chi connectivity index (χ3v) is 1.39. The van der Waals surface area contributed by atoms with Crippen LogP contribution in [0.2, 0.25) is 0 Å². The monoisotopic (exact) mass is 161 g/mol. The van der Waals surface area contributed by atoms with E-state index in [2.05, 4.69) is 4.74 Å². The lowest BCUT2D eigenvalue weighted by atomic mass is 10.1. The van der Waals surface area contributed by atoms with Crippen LogP contribution in [-0.2, 0) is 9.53 Å². The van der Waals surface area contributed by atoms with E-state index in [4.69, 9.17) is 10.8 Å². The van der Waals surface area contributed by atoms with E-state index in [1.165, 1.54) is 0 Å². The second kappa shape index (κ2) is 5.09. The van der Waals surface area contributed by atoms with Gasteiger partial charge >= 0.3 is 5.97 Å². The second-order valence-electron chi connectivity index (χ2n) is 2.25. The Morgan fingerprint density at radius 3 is 2.55 bits per heavy atom. The highest BCUT2D eigenvalue weighted by Gasteiger charge is 2.21. The van der Waals surface area contributed by atoms with Crippen molar-refractivity contribution in [3.05, 3.63) is 0 Å². The van der Waals surface area contributed by atoms with Crippen molar-refractivity contribution in [3.8, 4) is 0 Å². The Morgan fingerprint density at radius 2 is 2.18 bits per heavy atom. The summed E-state index contributed by atoms with van der Waals surface area (Å²) >= 11 is 0. The van der Waals surface area contributed by atoms with Crippen molar-refractivity contribution >= 4 is 5.97 Å². The summed E-state index contributed by atoms with van der Waals surface area (Å²) in [5, 5.41) is 9.10. The van der Waals surface area contributed by atoms with Crippen LogP contribution in [0.25, 0.3) is 0 Å². The number of hydrogen-bond acceptors (Lipinski definition) is 4. The normalized spacial score (nSPS) is 15.6. The lowest BCUT2D eigenvalue weighted by molar-refractivity contribution is -0.147. The van der Waals surface area contributed by atoms with E-state index >= 15 is 0 Å². The number of carbonyl (C=O) groups is 1. The molecule has 0 aliphatic rings. The van der Waals surface area contributed by atoms with E-state index < -0.39 is 18.1 Å². The summed E-state index contributed by atoms with van der Waals surface area (Å²) in [7, 11) is 0. The van der Waals surface area contributed by atoms with Gasteiger partial charge in [0.05, 0.1) is 12.7 Å². The Labute approximate surface area is 66.3 Å². The van der Waals surface area contributed by atoms with Gasteiger partial charge in [-0.05, 0) is 13.3 Å². The molecule has 0 amide bonds. The third kappa shape index (κ3) is 3.34. The van der Waals surface area contributed by atoms with Crippen molar-refractivity contribution in [2.45, 2.75) is 32.4 Å². The topological polar surface area (TPSA) is 72.5 Å². The van der Waals surface area contributed by atoms with Crippen LogP contribution in [0, 0.1) is 0 Å². The molecule has 0 aromatic heterocycles. The van der Waals surface area contributed by atoms with Gasteiger partial charge in [-0.15, -0.1) is 0 Å². The smallest absolute Gasteiger partial charge is 0.325 e. The van der Waals surface area contributed by atoms with Crippen LogP contribution in [0.3, 0.4) is 0 Å². The van der Waals surface area contributed by atoms with Crippen LogP contribution in [0.4, 0.5) is 0 Å². The van der Waals surface area contributed by atoms with Crippen LogP contribution in [0.15, 0.2) is 0 Å². The van der Waals surface area contributed by atoms with E-state index in [1.807, 2.05) is 0 Å². The Morgan fingerprint density at radius 1 is 1.64 bits per heavy atom. The molecular formula is C7H15NO3. The molecule has 0 heterocycles. The minimum absolute atomic E-state index is 0.295. The van der Waals surface area contributed by atoms with Gasteiger partial charge < -0.3 is 15.6 Å². The Hall–Kier alpha value is -0.610. The molecule has 0 aromatic carbocycles. The summed E-state index contributed by atoms with van der Waals surface area (Å²) in [6.07, 6.45) is -0.339. The number of nitrogens with two attached hydrogens (primary N) is 1. The molecule has 0 aromatic rings. The molecule has 0 bridgehead atoms. The number of aliphatic hydroxyl groups excluding tert-OH is 1. The van der Waals surface area contributed by atoms with Crippen LogP contribution in [-0.4, -0.2) is 29.8 Å². The van der Waals surface area contributed by atoms with E-state index in [1.54, 1.807) is 13.8 Å². The molecule has 0 aliphatic carbocycles. The molecule has 66 valence electrons. The highest BCUT2D eigenvalue weighted by atomic mass is 16.5. The largest absolute Gasteiger partial charge is 0.465 e. The van der Waals surface area contributed by atoms with Crippen LogP contribution >= 0.6 is 0 Å². The summed E-state index contributed by atoms with van der Waals surface area (Å²) in [5.74, 6) is -0.540. The number of hydrogen-bond donors (Lipinski definition) is 2. The molecule has 0 spiro atoms. The van der Waals surface area contributed by atoms with Gasteiger partial charge in [0.25, 0.3) is 0 Å². The molecule has 11 heavy (non-hydrogen) atoms. The third-order valence-electron chi connectivity index (χ3n) is 1.39. The van der Waals surface area contributed by atoms with Crippen LogP contribution < -0.4 is 5.73 Å². The molecular weight excluding hydrogens is 146 g/mol. The average Bonchev–Trinajstić information content (AvgIpc) is 2.02. The molecule has 0 saturated carbocycles. The highest BCUT2D eigenvalue weighted by Crippen LogP contribution is 1.97. The summed E-state index contributed by atoms with van der Waals surface area (Å²) in [5.41, 5.74) is 5.33. The van der Waals surface area contributed by atoms with Crippen LogP contribution in [0.5, 0.6) is 0 Å². The Kier molecular flexibility index (Phi) is 4.81. The number of ether oxygens (including phenoxy) is 1. The first-order valence-electron chi connectivity index (χ1n) is 3.73. The molecule has 3 N–H and O–H groups in total. The number of rotatable bonds is 4. The predicted molar refractivity (Wildman–Crippen MR) is 40.9 cm³/mol. The van der Waals surface area contributed by atoms with Gasteiger partial charge in [0.2, 0.25) is 0 Å². The molecule has 0 saturated heterocycles. The van der Waals surface area contributed by atoms with Gasteiger partial charge in [-0.3, -0.25) is 4.79 Å². The maximum absolute atomic E-state index is 10.8. The Bertz CT molecular complexity index is 127. The van der Waals surface area contributed by atoms with Crippen molar-refractivity contribution in [1.29, 1.82) is 0 Å². The molecule has 0 rings (SSSR count). The van der Waals surface area contributed by atoms with Crippen molar-refractivity contribution in [2.24, 2.45) is 5.73 Å². The second-order valence-corrected chi connectivity index (χ2v) is 2.25. The van der Waals surface area contributed by atoms with Crippen LogP contribution in [0.1, 0.15) is 20.3 Å².